The third-order valence-electron chi connectivity index (χ3n) is 4.65. The van der Waals surface area contributed by atoms with Gasteiger partial charge in [0.1, 0.15) is 0 Å². The molecule has 0 fully saturated rings. The van der Waals surface area contributed by atoms with E-state index in [1.807, 2.05) is 4.90 Å². The maximum Gasteiger partial charge on any atom is 0.223 e. The summed E-state index contributed by atoms with van der Waals surface area (Å²) in [6, 6.07) is 4.37. The van der Waals surface area contributed by atoms with Crippen molar-refractivity contribution in [2.75, 3.05) is 6.54 Å². The SMILES string of the molecule is Cc1cc(C)c2c(c1)CN(C(=O)CCC(=O)c1cnn(C)c1)CC2. The van der Waals surface area contributed by atoms with Gasteiger partial charge in [0, 0.05) is 39.2 Å². The average molecular weight is 325 g/mol. The lowest BCUT2D eigenvalue weighted by Gasteiger charge is -2.30. The molecule has 2 heterocycles. The average Bonchev–Trinajstić information content (AvgIpc) is 2.98. The smallest absolute Gasteiger partial charge is 0.223 e. The van der Waals surface area contributed by atoms with Gasteiger partial charge in [0.2, 0.25) is 5.91 Å². The van der Waals surface area contributed by atoms with Crippen LogP contribution in [-0.2, 0) is 24.8 Å². The molecule has 0 radical (unpaired) electrons. The second-order valence-corrected chi connectivity index (χ2v) is 6.61. The summed E-state index contributed by atoms with van der Waals surface area (Å²) in [5.74, 6) is 0.0256. The molecule has 0 atom stereocenters. The Balaban J connectivity index is 1.61. The van der Waals surface area contributed by atoms with Crippen molar-refractivity contribution in [1.82, 2.24) is 14.7 Å². The molecule has 1 aromatic heterocycles. The number of amides is 1. The zero-order chi connectivity index (χ0) is 17.3. The first kappa shape index (κ1) is 16.4. The fraction of sp³-hybridized carbons (Fsp3) is 0.421. The Bertz CT molecular complexity index is 792. The fourth-order valence-electron chi connectivity index (χ4n) is 3.42. The van der Waals surface area contributed by atoms with Gasteiger partial charge in [-0.3, -0.25) is 14.3 Å². The van der Waals surface area contributed by atoms with E-state index in [2.05, 4.69) is 31.1 Å². The standard InChI is InChI=1S/C19H23N3O2/c1-13-8-14(2)17-6-7-22(12-15(17)9-13)19(24)5-4-18(23)16-10-20-21(3)11-16/h8-11H,4-7,12H2,1-3H3. The van der Waals surface area contributed by atoms with Gasteiger partial charge in [-0.15, -0.1) is 0 Å². The molecule has 0 N–H and O–H groups in total. The normalized spacial score (nSPS) is 13.7. The van der Waals surface area contributed by atoms with Crippen LogP contribution in [0.4, 0.5) is 0 Å². The van der Waals surface area contributed by atoms with Gasteiger partial charge in [0.15, 0.2) is 5.78 Å². The first-order chi connectivity index (χ1) is 11.4. The Morgan fingerprint density at radius 1 is 1.21 bits per heavy atom. The van der Waals surface area contributed by atoms with Crippen LogP contribution in [0.1, 0.15) is 45.5 Å². The van der Waals surface area contributed by atoms with Gasteiger partial charge in [-0.25, -0.2) is 0 Å². The molecule has 0 saturated heterocycles. The molecule has 1 aromatic carbocycles. The molecule has 0 bridgehead atoms. The molecule has 0 unspecified atom stereocenters. The van der Waals surface area contributed by atoms with Crippen LogP contribution in [0.15, 0.2) is 24.5 Å². The molecule has 126 valence electrons. The summed E-state index contributed by atoms with van der Waals surface area (Å²) in [5, 5.41) is 4.00. The summed E-state index contributed by atoms with van der Waals surface area (Å²) >= 11 is 0. The van der Waals surface area contributed by atoms with Crippen LogP contribution in [0.3, 0.4) is 0 Å². The van der Waals surface area contributed by atoms with E-state index in [1.54, 1.807) is 24.1 Å². The van der Waals surface area contributed by atoms with E-state index in [9.17, 15) is 9.59 Å². The second kappa shape index (κ2) is 6.59. The summed E-state index contributed by atoms with van der Waals surface area (Å²) in [7, 11) is 1.77. The van der Waals surface area contributed by atoms with E-state index in [-0.39, 0.29) is 24.5 Å². The highest BCUT2D eigenvalue weighted by Crippen LogP contribution is 2.24. The number of aromatic nitrogens is 2. The van der Waals surface area contributed by atoms with Gasteiger partial charge in [0.05, 0.1) is 11.8 Å². The van der Waals surface area contributed by atoms with Gasteiger partial charge >= 0.3 is 0 Å². The van der Waals surface area contributed by atoms with Gasteiger partial charge in [-0.1, -0.05) is 17.7 Å². The number of aryl methyl sites for hydroxylation is 3. The Labute approximate surface area is 142 Å². The number of nitrogens with zero attached hydrogens (tertiary/aromatic N) is 3. The molecular weight excluding hydrogens is 302 g/mol. The molecule has 24 heavy (non-hydrogen) atoms. The minimum Gasteiger partial charge on any atom is -0.338 e. The Kier molecular flexibility index (Phi) is 4.51. The molecule has 5 heteroatoms. The molecular formula is C19H23N3O2. The minimum absolute atomic E-state index is 0.0273. The topological polar surface area (TPSA) is 55.2 Å². The van der Waals surface area contributed by atoms with E-state index in [0.717, 1.165) is 13.0 Å². The number of carbonyl (C=O) groups excluding carboxylic acids is 2. The van der Waals surface area contributed by atoms with Crippen molar-refractivity contribution >= 4 is 11.7 Å². The predicted molar refractivity (Wildman–Crippen MR) is 91.8 cm³/mol. The quantitative estimate of drug-likeness (QED) is 0.812. The highest BCUT2D eigenvalue weighted by molar-refractivity contribution is 5.97. The molecule has 1 aliphatic rings. The monoisotopic (exact) mass is 325 g/mol. The lowest BCUT2D eigenvalue weighted by atomic mass is 9.93. The number of carbonyl (C=O) groups is 2. The van der Waals surface area contributed by atoms with Crippen LogP contribution in [0, 0.1) is 13.8 Å². The summed E-state index contributed by atoms with van der Waals surface area (Å²) in [5.41, 5.74) is 5.72. The molecule has 2 aromatic rings. The van der Waals surface area contributed by atoms with Crippen LogP contribution in [0.5, 0.6) is 0 Å². The zero-order valence-corrected chi connectivity index (χ0v) is 14.5. The minimum atomic E-state index is -0.0273. The van der Waals surface area contributed by atoms with Crippen molar-refractivity contribution in [2.45, 2.75) is 39.7 Å². The molecule has 0 saturated carbocycles. The molecule has 3 rings (SSSR count). The van der Waals surface area contributed by atoms with E-state index in [0.29, 0.717) is 12.1 Å². The fourth-order valence-corrected chi connectivity index (χ4v) is 3.42. The summed E-state index contributed by atoms with van der Waals surface area (Å²) in [6.45, 7) is 5.60. The van der Waals surface area contributed by atoms with Crippen molar-refractivity contribution in [2.24, 2.45) is 7.05 Å². The molecule has 1 amide bonds. The lowest BCUT2D eigenvalue weighted by molar-refractivity contribution is -0.132. The number of hydrogen-bond acceptors (Lipinski definition) is 3. The van der Waals surface area contributed by atoms with Gasteiger partial charge in [-0.05, 0) is 37.0 Å². The number of fused-ring (bicyclic) bond motifs is 1. The van der Waals surface area contributed by atoms with E-state index >= 15 is 0 Å². The molecule has 5 nitrogen and oxygen atoms in total. The predicted octanol–water partition coefficient (Wildman–Crippen LogP) is 2.58. The van der Waals surface area contributed by atoms with Crippen molar-refractivity contribution in [3.05, 3.63) is 52.3 Å². The summed E-state index contributed by atoms with van der Waals surface area (Å²) < 4.78 is 1.60. The van der Waals surface area contributed by atoms with Crippen molar-refractivity contribution < 1.29 is 9.59 Å². The Morgan fingerprint density at radius 2 is 2.00 bits per heavy atom. The highest BCUT2D eigenvalue weighted by Gasteiger charge is 2.22. The second-order valence-electron chi connectivity index (χ2n) is 6.61. The third kappa shape index (κ3) is 3.40. The zero-order valence-electron chi connectivity index (χ0n) is 14.5. The van der Waals surface area contributed by atoms with Crippen LogP contribution in [0.25, 0.3) is 0 Å². The molecule has 1 aliphatic heterocycles. The largest absolute Gasteiger partial charge is 0.338 e. The van der Waals surface area contributed by atoms with E-state index in [4.69, 9.17) is 0 Å². The molecule has 0 aliphatic carbocycles. The van der Waals surface area contributed by atoms with Gasteiger partial charge in [0.25, 0.3) is 0 Å². The van der Waals surface area contributed by atoms with Crippen molar-refractivity contribution in [1.29, 1.82) is 0 Å². The van der Waals surface area contributed by atoms with Crippen LogP contribution in [0.2, 0.25) is 0 Å². The number of hydrogen-bond donors (Lipinski definition) is 0. The number of Topliss-reactive ketones (excluding diaryl/α,β-unsaturated/α-hetero) is 1. The molecule has 0 spiro atoms. The lowest BCUT2D eigenvalue weighted by Crippen LogP contribution is -2.36. The van der Waals surface area contributed by atoms with Crippen LogP contribution < -0.4 is 0 Å². The Morgan fingerprint density at radius 3 is 2.71 bits per heavy atom. The van der Waals surface area contributed by atoms with Crippen LogP contribution >= 0.6 is 0 Å². The summed E-state index contributed by atoms with van der Waals surface area (Å²) in [6.07, 6.45) is 4.63. The van der Waals surface area contributed by atoms with Crippen molar-refractivity contribution in [3.8, 4) is 0 Å². The number of rotatable bonds is 4. The third-order valence-corrected chi connectivity index (χ3v) is 4.65. The Hall–Kier alpha value is -2.43. The first-order valence-corrected chi connectivity index (χ1v) is 8.32. The first-order valence-electron chi connectivity index (χ1n) is 8.32. The summed E-state index contributed by atoms with van der Waals surface area (Å²) in [4.78, 5) is 26.5. The van der Waals surface area contributed by atoms with Crippen LogP contribution in [-0.4, -0.2) is 32.9 Å². The highest BCUT2D eigenvalue weighted by atomic mass is 16.2. The maximum absolute atomic E-state index is 12.5. The van der Waals surface area contributed by atoms with Gasteiger partial charge < -0.3 is 4.90 Å². The van der Waals surface area contributed by atoms with E-state index in [1.165, 1.54) is 22.3 Å². The van der Waals surface area contributed by atoms with Crippen molar-refractivity contribution in [3.63, 3.8) is 0 Å². The maximum atomic E-state index is 12.5. The van der Waals surface area contributed by atoms with E-state index < -0.39 is 0 Å². The van der Waals surface area contributed by atoms with Gasteiger partial charge in [-0.2, -0.15) is 5.10 Å². The number of ketones is 1. The number of benzene rings is 1.